The van der Waals surface area contributed by atoms with E-state index in [2.05, 4.69) is 53.6 Å². The number of carbonyl (C=O) groups is 1. The largest absolute Gasteiger partial charge is 0.346 e. The van der Waals surface area contributed by atoms with Crippen LogP contribution in [-0.2, 0) is 10.3 Å². The van der Waals surface area contributed by atoms with E-state index < -0.39 is 5.54 Å². The molecule has 3 heteroatoms. The molecule has 27 heavy (non-hydrogen) atoms. The molecule has 0 aliphatic carbocycles. The van der Waals surface area contributed by atoms with Crippen molar-refractivity contribution < 1.29 is 4.79 Å². The summed E-state index contributed by atoms with van der Waals surface area (Å²) in [7, 11) is 0. The topological polar surface area (TPSA) is 41.1 Å². The average Bonchev–Trinajstić information content (AvgIpc) is 2.74. The third-order valence-corrected chi connectivity index (χ3v) is 5.20. The number of hydrogen-bond acceptors (Lipinski definition) is 2. The lowest BCUT2D eigenvalue weighted by molar-refractivity contribution is -0.131. The lowest BCUT2D eigenvalue weighted by Gasteiger charge is -2.45. The molecule has 1 amide bonds. The summed E-state index contributed by atoms with van der Waals surface area (Å²) in [6.07, 6.45) is 1.78. The van der Waals surface area contributed by atoms with Gasteiger partial charge in [0.1, 0.15) is 6.04 Å². The second-order valence-electron chi connectivity index (χ2n) is 6.74. The Balaban J connectivity index is 1.95. The number of rotatable bonds is 6. The zero-order chi connectivity index (χ0) is 18.7. The van der Waals surface area contributed by atoms with Crippen molar-refractivity contribution in [2.75, 3.05) is 0 Å². The molecule has 3 aromatic rings. The van der Waals surface area contributed by atoms with Crippen LogP contribution in [0, 0.1) is 0 Å². The molecule has 1 fully saturated rings. The molecule has 1 aliphatic heterocycles. The van der Waals surface area contributed by atoms with Gasteiger partial charge in [-0.3, -0.25) is 10.1 Å². The van der Waals surface area contributed by atoms with Gasteiger partial charge in [-0.1, -0.05) is 97.1 Å². The summed E-state index contributed by atoms with van der Waals surface area (Å²) in [4.78, 5) is 12.4. The van der Waals surface area contributed by atoms with Crippen LogP contribution in [0.1, 0.15) is 16.7 Å². The minimum absolute atomic E-state index is 0.00734. The highest BCUT2D eigenvalue weighted by atomic mass is 16.2. The standard InChI is InChI=1S/C24H22N2O/c1-2-21-22(23(27)25-21)26-24(18-12-6-3-7-13-18,19-14-8-4-9-15-19)20-16-10-5-11-17-20/h2-17,21-22,26H,1H2,(H,25,27)/t21-,22+/m1/s1. The molecule has 2 N–H and O–H groups in total. The molecule has 0 saturated carbocycles. The van der Waals surface area contributed by atoms with E-state index in [9.17, 15) is 4.79 Å². The Kier molecular flexibility index (Phi) is 4.61. The quantitative estimate of drug-likeness (QED) is 0.403. The van der Waals surface area contributed by atoms with E-state index in [4.69, 9.17) is 0 Å². The second kappa shape index (κ2) is 7.22. The molecule has 2 atom stereocenters. The molecule has 0 spiro atoms. The summed E-state index contributed by atoms with van der Waals surface area (Å²) < 4.78 is 0. The zero-order valence-electron chi connectivity index (χ0n) is 15.0. The highest BCUT2D eigenvalue weighted by Crippen LogP contribution is 2.38. The van der Waals surface area contributed by atoms with Gasteiger partial charge in [-0.15, -0.1) is 6.58 Å². The fourth-order valence-electron chi connectivity index (χ4n) is 3.80. The van der Waals surface area contributed by atoms with Crippen LogP contribution in [-0.4, -0.2) is 18.0 Å². The third kappa shape index (κ3) is 2.96. The van der Waals surface area contributed by atoms with Gasteiger partial charge in [-0.05, 0) is 16.7 Å². The maximum Gasteiger partial charge on any atom is 0.240 e. The first kappa shape index (κ1) is 17.3. The van der Waals surface area contributed by atoms with Gasteiger partial charge in [0.25, 0.3) is 0 Å². The van der Waals surface area contributed by atoms with Crippen LogP contribution < -0.4 is 10.6 Å². The normalized spacial score (nSPS) is 19.0. The summed E-state index contributed by atoms with van der Waals surface area (Å²) in [6.45, 7) is 3.86. The van der Waals surface area contributed by atoms with E-state index >= 15 is 0 Å². The van der Waals surface area contributed by atoms with Gasteiger partial charge in [-0.25, -0.2) is 0 Å². The molecule has 1 saturated heterocycles. The lowest BCUT2D eigenvalue weighted by atomic mass is 9.75. The minimum Gasteiger partial charge on any atom is -0.346 e. The number of nitrogens with one attached hydrogen (secondary N) is 2. The number of carbonyl (C=O) groups excluding carboxylic acids is 1. The van der Waals surface area contributed by atoms with Crippen molar-refractivity contribution in [1.29, 1.82) is 0 Å². The molecular formula is C24H22N2O. The van der Waals surface area contributed by atoms with Crippen LogP contribution in [0.3, 0.4) is 0 Å². The summed E-state index contributed by atoms with van der Waals surface area (Å²) >= 11 is 0. The SMILES string of the molecule is C=C[C@H]1NC(=O)[C@H]1NC(c1ccccc1)(c1ccccc1)c1ccccc1. The second-order valence-corrected chi connectivity index (χ2v) is 6.74. The highest BCUT2D eigenvalue weighted by molar-refractivity contribution is 5.90. The van der Waals surface area contributed by atoms with Gasteiger partial charge in [0.2, 0.25) is 5.91 Å². The first-order valence-corrected chi connectivity index (χ1v) is 9.13. The van der Waals surface area contributed by atoms with Gasteiger partial charge in [0, 0.05) is 0 Å². The van der Waals surface area contributed by atoms with Crippen LogP contribution in [0.4, 0.5) is 0 Å². The number of hydrogen-bond donors (Lipinski definition) is 2. The Morgan fingerprint density at radius 2 is 1.19 bits per heavy atom. The van der Waals surface area contributed by atoms with Crippen molar-refractivity contribution in [1.82, 2.24) is 10.6 Å². The summed E-state index contributed by atoms with van der Waals surface area (Å²) in [5.41, 5.74) is 2.62. The van der Waals surface area contributed by atoms with E-state index in [-0.39, 0.29) is 18.0 Å². The molecule has 3 aromatic carbocycles. The summed E-state index contributed by atoms with van der Waals surface area (Å²) in [6, 6.07) is 30.4. The van der Waals surface area contributed by atoms with Crippen LogP contribution in [0.15, 0.2) is 104 Å². The molecule has 134 valence electrons. The van der Waals surface area contributed by atoms with E-state index in [1.807, 2.05) is 54.6 Å². The number of β-lactam (4-membered cyclic amide) rings is 1. The van der Waals surface area contributed by atoms with E-state index in [0.717, 1.165) is 16.7 Å². The number of amides is 1. The Labute approximate surface area is 159 Å². The maximum atomic E-state index is 12.4. The van der Waals surface area contributed by atoms with Crippen molar-refractivity contribution in [2.24, 2.45) is 0 Å². The molecule has 0 bridgehead atoms. The molecular weight excluding hydrogens is 332 g/mol. The van der Waals surface area contributed by atoms with Crippen LogP contribution in [0.5, 0.6) is 0 Å². The Bertz CT molecular complexity index is 826. The van der Waals surface area contributed by atoms with Gasteiger partial charge < -0.3 is 5.32 Å². The smallest absolute Gasteiger partial charge is 0.240 e. The van der Waals surface area contributed by atoms with Crippen molar-refractivity contribution in [3.05, 3.63) is 120 Å². The van der Waals surface area contributed by atoms with E-state index in [0.29, 0.717) is 0 Å². The van der Waals surface area contributed by atoms with Crippen molar-refractivity contribution in [3.63, 3.8) is 0 Å². The van der Waals surface area contributed by atoms with Gasteiger partial charge >= 0.3 is 0 Å². The zero-order valence-corrected chi connectivity index (χ0v) is 15.0. The monoisotopic (exact) mass is 354 g/mol. The summed E-state index contributed by atoms with van der Waals surface area (Å²) in [5.74, 6) is -0.00734. The molecule has 0 unspecified atom stereocenters. The van der Waals surface area contributed by atoms with Crippen LogP contribution in [0.25, 0.3) is 0 Å². The fraction of sp³-hybridized carbons (Fsp3) is 0.125. The predicted octanol–water partition coefficient (Wildman–Crippen LogP) is 3.62. The van der Waals surface area contributed by atoms with E-state index in [1.165, 1.54) is 0 Å². The summed E-state index contributed by atoms with van der Waals surface area (Å²) in [5, 5.41) is 6.58. The Morgan fingerprint density at radius 1 is 0.778 bits per heavy atom. The molecule has 0 radical (unpaired) electrons. The number of benzene rings is 3. The molecule has 0 aromatic heterocycles. The lowest BCUT2D eigenvalue weighted by Crippen LogP contribution is -2.71. The van der Waals surface area contributed by atoms with Crippen LogP contribution in [0.2, 0.25) is 0 Å². The fourth-order valence-corrected chi connectivity index (χ4v) is 3.80. The first-order valence-electron chi connectivity index (χ1n) is 9.13. The third-order valence-electron chi connectivity index (χ3n) is 5.20. The molecule has 1 aliphatic rings. The predicted molar refractivity (Wildman–Crippen MR) is 108 cm³/mol. The van der Waals surface area contributed by atoms with Crippen molar-refractivity contribution >= 4 is 5.91 Å². The average molecular weight is 354 g/mol. The van der Waals surface area contributed by atoms with Gasteiger partial charge in [0.05, 0.1) is 11.6 Å². The Hall–Kier alpha value is -3.17. The molecule has 3 nitrogen and oxygen atoms in total. The van der Waals surface area contributed by atoms with Gasteiger partial charge in [-0.2, -0.15) is 0 Å². The van der Waals surface area contributed by atoms with Crippen molar-refractivity contribution in [3.8, 4) is 0 Å². The first-order chi connectivity index (χ1) is 13.3. The molecule has 1 heterocycles. The Morgan fingerprint density at radius 3 is 1.52 bits per heavy atom. The van der Waals surface area contributed by atoms with E-state index in [1.54, 1.807) is 6.08 Å². The maximum absolute atomic E-state index is 12.4. The minimum atomic E-state index is -0.645. The highest BCUT2D eigenvalue weighted by Gasteiger charge is 2.45. The van der Waals surface area contributed by atoms with Crippen LogP contribution >= 0.6 is 0 Å². The molecule has 4 rings (SSSR count). The van der Waals surface area contributed by atoms with Crippen molar-refractivity contribution in [2.45, 2.75) is 17.6 Å². The van der Waals surface area contributed by atoms with Gasteiger partial charge in [0.15, 0.2) is 0 Å².